The number of nitrogens with zero attached hydrogens (tertiary/aromatic N) is 17. The molecule has 0 amide bonds. The van der Waals surface area contributed by atoms with Crippen LogP contribution in [0.3, 0.4) is 0 Å². The lowest BCUT2D eigenvalue weighted by atomic mass is 10.2. The summed E-state index contributed by atoms with van der Waals surface area (Å²) < 4.78 is 45.8. The number of thiazole rings is 3. The number of aryl methyl sites for hydroxylation is 3. The summed E-state index contributed by atoms with van der Waals surface area (Å²) in [6.07, 6.45) is 5.05. The zero-order valence-electron chi connectivity index (χ0n) is 50.7. The molecule has 3 aromatic carbocycles. The summed E-state index contributed by atoms with van der Waals surface area (Å²) in [5.41, 5.74) is 9.80. The van der Waals surface area contributed by atoms with Crippen LogP contribution in [-0.2, 0) is 28.9 Å². The predicted molar refractivity (Wildman–Crippen MR) is 358 cm³/mol. The third-order valence-electron chi connectivity index (χ3n) is 15.9. The van der Waals surface area contributed by atoms with E-state index in [2.05, 4.69) is 32.9 Å². The Morgan fingerprint density at radius 2 is 0.793 bits per heavy atom. The monoisotopic (exact) mass is 1360 g/mol. The highest BCUT2D eigenvalue weighted by Crippen LogP contribution is 2.38. The summed E-state index contributed by atoms with van der Waals surface area (Å²) in [4.78, 5) is 61.3. The molecule has 0 saturated carbocycles. The highest BCUT2D eigenvalue weighted by Gasteiger charge is 2.34. The number of carboxylic acid groups (broad SMARTS) is 2. The number of imidazole rings is 3. The van der Waals surface area contributed by atoms with Gasteiger partial charge in [0.15, 0.2) is 49.8 Å². The fourth-order valence-corrected chi connectivity index (χ4v) is 14.0. The molecule has 28 heteroatoms. The Bertz CT molecular complexity index is 4430. The first kappa shape index (κ1) is 62.8. The van der Waals surface area contributed by atoms with Crippen LogP contribution in [0, 0.1) is 17.5 Å². The Kier molecular flexibility index (Phi) is 18.3. The van der Waals surface area contributed by atoms with Crippen LogP contribution in [0.1, 0.15) is 63.5 Å². The first-order valence-electron chi connectivity index (χ1n) is 29.6. The number of carbonyl (C=O) groups is 2. The fraction of sp³-hybridized carbons (Fsp3) is 0.266. The number of halogens is 4. The molecular weight excluding hydrogens is 1300 g/mol. The molecular formula is C64H61BrF3N17O4S3. The molecule has 92 heavy (non-hydrogen) atoms. The lowest BCUT2D eigenvalue weighted by Gasteiger charge is -2.23. The molecule has 0 radical (unpaired) electrons. The Hall–Kier alpha value is -9.38. The molecule has 0 spiro atoms. The van der Waals surface area contributed by atoms with Gasteiger partial charge in [0.1, 0.15) is 45.8 Å². The Labute approximate surface area is 546 Å². The number of carboxylic acids is 2. The van der Waals surface area contributed by atoms with Crippen molar-refractivity contribution in [1.29, 1.82) is 0 Å². The minimum atomic E-state index is -0.831. The molecule has 12 aromatic rings. The van der Waals surface area contributed by atoms with Crippen LogP contribution >= 0.6 is 49.9 Å². The molecule has 2 atom stereocenters. The van der Waals surface area contributed by atoms with Crippen molar-refractivity contribution in [3.8, 4) is 33.8 Å². The summed E-state index contributed by atoms with van der Waals surface area (Å²) >= 11 is 7.91. The molecule has 2 saturated heterocycles. The fourth-order valence-electron chi connectivity index (χ4n) is 11.3. The maximum Gasteiger partial charge on any atom is 0.326 e. The van der Waals surface area contributed by atoms with E-state index in [9.17, 15) is 33.0 Å². The zero-order valence-corrected chi connectivity index (χ0v) is 54.7. The van der Waals surface area contributed by atoms with Crippen LogP contribution in [0.5, 0.6) is 0 Å². The molecule has 0 bridgehead atoms. The quantitative estimate of drug-likeness (QED) is 0.0918. The SMILES string of the molecule is CCc1nc2ccc(Br)nn2c1N(C)c1nc(-c2ccc(F)cc2)cs1.CCc1nc2ccc(N3CCC[C@H]3C(=O)O)nn2c1N(C)c1nc(-c2ccc(F)cc2)cs1.CCc1nc2ccc(N3CCC[C@H]3C(=O)O)nn2c1N(C)c1nc(-c2ccc(F)cc2)cs1. The van der Waals surface area contributed by atoms with Crippen molar-refractivity contribution in [2.24, 2.45) is 0 Å². The number of rotatable bonds is 16. The van der Waals surface area contributed by atoms with Gasteiger partial charge in [0, 0.05) is 67.1 Å². The number of aliphatic carboxylic acids is 2. The number of fused-ring (bicyclic) bond motifs is 3. The molecule has 14 rings (SSSR count). The van der Waals surface area contributed by atoms with Gasteiger partial charge in [0.05, 0.1) is 34.2 Å². The van der Waals surface area contributed by atoms with E-state index in [1.165, 1.54) is 70.4 Å². The lowest BCUT2D eigenvalue weighted by Crippen LogP contribution is -2.36. The molecule has 2 N–H and O–H groups in total. The van der Waals surface area contributed by atoms with Crippen LogP contribution < -0.4 is 24.5 Å². The Balaban J connectivity index is 0.000000134. The number of anilines is 8. The maximum absolute atomic E-state index is 13.3. The second-order valence-electron chi connectivity index (χ2n) is 21.7. The van der Waals surface area contributed by atoms with Crippen molar-refractivity contribution in [1.82, 2.24) is 58.7 Å². The highest BCUT2D eigenvalue weighted by atomic mass is 79.9. The van der Waals surface area contributed by atoms with Gasteiger partial charge in [0.25, 0.3) is 0 Å². The summed E-state index contributed by atoms with van der Waals surface area (Å²) in [7, 11) is 5.79. The van der Waals surface area contributed by atoms with Crippen LogP contribution in [-0.4, -0.2) is 127 Å². The van der Waals surface area contributed by atoms with Crippen LogP contribution in [0.25, 0.3) is 50.7 Å². The van der Waals surface area contributed by atoms with E-state index in [1.54, 1.807) is 45.4 Å². The van der Waals surface area contributed by atoms with Crippen molar-refractivity contribution in [3.05, 3.63) is 164 Å². The summed E-state index contributed by atoms with van der Waals surface area (Å²) in [5.74, 6) is 1.23. The van der Waals surface area contributed by atoms with Crippen molar-refractivity contribution in [2.45, 2.75) is 77.8 Å². The van der Waals surface area contributed by atoms with Gasteiger partial charge in [-0.2, -0.15) is 18.6 Å². The topological polar surface area (TPSA) is 220 Å². The van der Waals surface area contributed by atoms with Crippen molar-refractivity contribution < 1.29 is 33.0 Å². The van der Waals surface area contributed by atoms with Gasteiger partial charge < -0.3 is 34.7 Å². The minimum Gasteiger partial charge on any atom is -0.480 e. The maximum atomic E-state index is 13.3. The molecule has 0 aliphatic carbocycles. The van der Waals surface area contributed by atoms with Crippen LogP contribution in [0.15, 0.2) is 130 Å². The van der Waals surface area contributed by atoms with E-state index in [4.69, 9.17) is 35.1 Å². The van der Waals surface area contributed by atoms with Gasteiger partial charge in [-0.1, -0.05) is 20.8 Å². The van der Waals surface area contributed by atoms with Gasteiger partial charge in [-0.25, -0.2) is 52.7 Å². The number of hydrogen-bond acceptors (Lipinski definition) is 19. The summed E-state index contributed by atoms with van der Waals surface area (Å²) in [6, 6.07) is 29.0. The number of aromatic nitrogens is 12. The molecule has 21 nitrogen and oxygen atoms in total. The first-order valence-corrected chi connectivity index (χ1v) is 33.1. The largest absolute Gasteiger partial charge is 0.480 e. The molecule has 11 heterocycles. The second kappa shape index (κ2) is 26.8. The second-order valence-corrected chi connectivity index (χ2v) is 25.0. The lowest BCUT2D eigenvalue weighted by molar-refractivity contribution is -0.139. The number of benzene rings is 3. The molecule has 2 fully saturated rings. The third-order valence-corrected chi connectivity index (χ3v) is 19.1. The van der Waals surface area contributed by atoms with Gasteiger partial charge in [-0.05, 0) is 170 Å². The van der Waals surface area contributed by atoms with E-state index < -0.39 is 24.0 Å². The Morgan fingerprint density at radius 1 is 0.478 bits per heavy atom. The highest BCUT2D eigenvalue weighted by molar-refractivity contribution is 9.10. The minimum absolute atomic E-state index is 0.253. The van der Waals surface area contributed by atoms with Crippen LogP contribution in [0.2, 0.25) is 0 Å². The van der Waals surface area contributed by atoms with E-state index in [0.717, 1.165) is 113 Å². The van der Waals surface area contributed by atoms with E-state index in [-0.39, 0.29) is 17.5 Å². The van der Waals surface area contributed by atoms with Gasteiger partial charge in [0.2, 0.25) is 0 Å². The van der Waals surface area contributed by atoms with Gasteiger partial charge in [-0.3, -0.25) is 0 Å². The molecule has 0 unspecified atom stereocenters. The van der Waals surface area contributed by atoms with E-state index in [0.29, 0.717) is 61.7 Å². The smallest absolute Gasteiger partial charge is 0.326 e. The van der Waals surface area contributed by atoms with E-state index in [1.807, 2.05) is 117 Å². The van der Waals surface area contributed by atoms with Crippen molar-refractivity contribution in [2.75, 3.05) is 58.7 Å². The zero-order chi connectivity index (χ0) is 64.5. The first-order chi connectivity index (χ1) is 44.5. The third kappa shape index (κ3) is 12.7. The van der Waals surface area contributed by atoms with Crippen LogP contribution in [0.4, 0.5) is 57.7 Å². The predicted octanol–water partition coefficient (Wildman–Crippen LogP) is 13.8. The average molecular weight is 1370 g/mol. The van der Waals surface area contributed by atoms with E-state index >= 15 is 0 Å². The summed E-state index contributed by atoms with van der Waals surface area (Å²) in [5, 5.41) is 41.4. The van der Waals surface area contributed by atoms with Crippen molar-refractivity contribution in [3.63, 3.8) is 0 Å². The molecule has 2 aliphatic heterocycles. The number of hydrogen-bond donors (Lipinski definition) is 2. The molecule has 2 aliphatic rings. The standard InChI is InChI=1S/2C23H23FN6O2S.C18H15BrFN5S/c2*1-3-16-21(28(2)23-26-17(13-33-23)14-6-8-15(24)9-7-14)30-19(25-16)10-11-20(27-30)29-12-4-5-18(29)22(31)32;1-3-13-17(25-16(21-13)9-8-15(19)23-25)24(2)18-22-14(10-26-18)11-4-6-12(20)7-5-11/h2*6-11,13,18H,3-5,12H2,1-2H3,(H,31,32);4-10H,3H2,1-2H3/t2*18-;/m00./s1. The van der Waals surface area contributed by atoms with Gasteiger partial charge in [-0.15, -0.1) is 44.2 Å². The van der Waals surface area contributed by atoms with Gasteiger partial charge >= 0.3 is 11.9 Å². The molecule has 9 aromatic heterocycles. The normalized spacial score (nSPS) is 14.6. The molecule has 472 valence electrons. The van der Waals surface area contributed by atoms with Crippen molar-refractivity contribution >= 4 is 123 Å². The summed E-state index contributed by atoms with van der Waals surface area (Å²) in [6.45, 7) is 7.45. The Morgan fingerprint density at radius 3 is 1.11 bits per heavy atom. The average Bonchev–Trinajstić information content (AvgIpc) is 1.66.